The molecule has 1 aliphatic heterocycles. The fraction of sp³-hybridized carbons (Fsp3) is 0.600. The van der Waals surface area contributed by atoms with Gasteiger partial charge in [-0.1, -0.05) is 26.0 Å². The molecular formula is C15H23BFO3-. The van der Waals surface area contributed by atoms with Crippen LogP contribution < -0.4 is 5.46 Å². The zero-order chi connectivity index (χ0) is 15.0. The molecule has 0 atom stereocenters. The first-order chi connectivity index (χ1) is 9.12. The summed E-state index contributed by atoms with van der Waals surface area (Å²) in [7, 11) is 0. The highest BCUT2D eigenvalue weighted by Gasteiger charge is 2.41. The van der Waals surface area contributed by atoms with Crippen molar-refractivity contribution in [2.24, 2.45) is 5.41 Å². The normalized spacial score (nSPS) is 21.7. The van der Waals surface area contributed by atoms with Gasteiger partial charge in [0.2, 0.25) is 0 Å². The molecular weight excluding hydrogens is 258 g/mol. The standard InChI is InChI=1S/C15H23BFO3/c1-14(2,3)20-16(12-6-8-13(17)9-7-12)18-10-15(4,5)11-19-16/h6-9H,10-11H2,1-5H3/q-1. The lowest BCUT2D eigenvalue weighted by atomic mass is 9.66. The van der Waals surface area contributed by atoms with Crippen LogP contribution >= 0.6 is 0 Å². The van der Waals surface area contributed by atoms with Gasteiger partial charge in [-0.15, -0.1) is 5.46 Å². The van der Waals surface area contributed by atoms with Crippen molar-refractivity contribution < 1.29 is 18.4 Å². The molecule has 1 saturated heterocycles. The minimum absolute atomic E-state index is 0.0491. The van der Waals surface area contributed by atoms with Gasteiger partial charge < -0.3 is 14.0 Å². The van der Waals surface area contributed by atoms with Crippen LogP contribution in [0.3, 0.4) is 0 Å². The molecule has 0 amide bonds. The number of rotatable bonds is 2. The molecule has 0 aromatic heterocycles. The van der Waals surface area contributed by atoms with Gasteiger partial charge in [-0.3, -0.25) is 0 Å². The van der Waals surface area contributed by atoms with E-state index in [1.165, 1.54) is 12.1 Å². The van der Waals surface area contributed by atoms with E-state index in [0.29, 0.717) is 13.2 Å². The van der Waals surface area contributed by atoms with Crippen LogP contribution in [0.5, 0.6) is 0 Å². The fourth-order valence-corrected chi connectivity index (χ4v) is 2.25. The fourth-order valence-electron chi connectivity index (χ4n) is 2.25. The van der Waals surface area contributed by atoms with Crippen molar-refractivity contribution >= 4 is 12.2 Å². The molecule has 1 fully saturated rings. The predicted molar refractivity (Wildman–Crippen MR) is 78.3 cm³/mol. The molecule has 0 N–H and O–H groups in total. The van der Waals surface area contributed by atoms with Gasteiger partial charge in [0.05, 0.1) is 0 Å². The molecule has 0 aliphatic carbocycles. The highest BCUT2D eigenvalue weighted by atomic mass is 19.1. The third kappa shape index (κ3) is 3.60. The SMILES string of the molecule is CC1(C)CO[B-](OC(C)(C)C)(c2ccc(F)cc2)OC1. The lowest BCUT2D eigenvalue weighted by molar-refractivity contribution is -0.0626. The van der Waals surface area contributed by atoms with Crippen LogP contribution in [0, 0.1) is 11.2 Å². The highest BCUT2D eigenvalue weighted by molar-refractivity contribution is 6.75. The first-order valence-electron chi connectivity index (χ1n) is 6.99. The Morgan fingerprint density at radius 1 is 1.10 bits per heavy atom. The zero-order valence-corrected chi connectivity index (χ0v) is 12.9. The van der Waals surface area contributed by atoms with Crippen molar-refractivity contribution in [2.45, 2.75) is 40.2 Å². The highest BCUT2D eigenvalue weighted by Crippen LogP contribution is 2.30. The third-order valence-electron chi connectivity index (χ3n) is 3.17. The molecule has 112 valence electrons. The summed E-state index contributed by atoms with van der Waals surface area (Å²) < 4.78 is 31.2. The summed E-state index contributed by atoms with van der Waals surface area (Å²) in [6, 6.07) is 6.13. The quantitative estimate of drug-likeness (QED) is 0.780. The third-order valence-corrected chi connectivity index (χ3v) is 3.17. The Morgan fingerprint density at radius 2 is 1.60 bits per heavy atom. The molecule has 0 unspecified atom stereocenters. The summed E-state index contributed by atoms with van der Waals surface area (Å²) in [5.41, 5.74) is 0.263. The molecule has 1 aromatic rings. The van der Waals surface area contributed by atoms with Gasteiger partial charge in [0.15, 0.2) is 0 Å². The Balaban J connectivity index is 2.32. The maximum atomic E-state index is 13.1. The maximum absolute atomic E-state index is 13.1. The lowest BCUT2D eigenvalue weighted by Gasteiger charge is -2.53. The van der Waals surface area contributed by atoms with Crippen molar-refractivity contribution in [3.05, 3.63) is 30.1 Å². The Labute approximate surface area is 120 Å². The van der Waals surface area contributed by atoms with Crippen LogP contribution in [0.1, 0.15) is 34.6 Å². The van der Waals surface area contributed by atoms with Crippen molar-refractivity contribution in [1.82, 2.24) is 0 Å². The second-order valence-electron chi connectivity index (χ2n) is 7.21. The molecule has 1 aromatic carbocycles. The second-order valence-corrected chi connectivity index (χ2v) is 7.21. The second kappa shape index (κ2) is 5.13. The Kier molecular flexibility index (Phi) is 3.97. The summed E-state index contributed by atoms with van der Waals surface area (Å²) in [6.45, 7) is 9.06. The molecule has 1 aliphatic rings. The van der Waals surface area contributed by atoms with Gasteiger partial charge in [-0.05, 0) is 32.9 Å². The number of hydrogen-bond acceptors (Lipinski definition) is 3. The first-order valence-corrected chi connectivity index (χ1v) is 6.99. The van der Waals surface area contributed by atoms with Crippen LogP contribution in [0.15, 0.2) is 24.3 Å². The summed E-state index contributed by atoms with van der Waals surface area (Å²) in [5.74, 6) is -0.286. The van der Waals surface area contributed by atoms with Gasteiger partial charge in [0, 0.05) is 24.2 Å². The lowest BCUT2D eigenvalue weighted by Crippen LogP contribution is -2.64. The number of hydrogen-bond donors (Lipinski definition) is 0. The van der Waals surface area contributed by atoms with Gasteiger partial charge >= 0.3 is 6.75 Å². The van der Waals surface area contributed by atoms with E-state index >= 15 is 0 Å². The molecule has 0 spiro atoms. The molecule has 3 nitrogen and oxygen atoms in total. The molecule has 0 saturated carbocycles. The molecule has 0 bridgehead atoms. The first kappa shape index (κ1) is 15.5. The van der Waals surface area contributed by atoms with Gasteiger partial charge in [-0.25, -0.2) is 4.39 Å². The van der Waals surface area contributed by atoms with Crippen LogP contribution in [-0.2, 0) is 14.0 Å². The van der Waals surface area contributed by atoms with Gasteiger partial charge in [0.25, 0.3) is 0 Å². The van der Waals surface area contributed by atoms with Crippen molar-refractivity contribution in [2.75, 3.05) is 13.2 Å². The Morgan fingerprint density at radius 3 is 2.05 bits per heavy atom. The van der Waals surface area contributed by atoms with E-state index in [9.17, 15) is 4.39 Å². The van der Waals surface area contributed by atoms with Gasteiger partial charge in [-0.2, -0.15) is 0 Å². The maximum Gasteiger partial charge on any atom is 0.409 e. The van der Waals surface area contributed by atoms with E-state index < -0.39 is 12.4 Å². The molecule has 1 heterocycles. The predicted octanol–water partition coefficient (Wildman–Crippen LogP) is 2.86. The smallest absolute Gasteiger partial charge is 0.409 e. The molecule has 5 heteroatoms. The van der Waals surface area contributed by atoms with E-state index in [1.54, 1.807) is 12.1 Å². The van der Waals surface area contributed by atoms with E-state index in [2.05, 4.69) is 13.8 Å². The number of halogens is 1. The van der Waals surface area contributed by atoms with Gasteiger partial charge in [0.1, 0.15) is 5.82 Å². The minimum Gasteiger partial charge on any atom is -0.540 e. The molecule has 20 heavy (non-hydrogen) atoms. The monoisotopic (exact) mass is 281 g/mol. The van der Waals surface area contributed by atoms with Crippen LogP contribution in [0.25, 0.3) is 0 Å². The average Bonchev–Trinajstić information content (AvgIpc) is 2.32. The topological polar surface area (TPSA) is 27.7 Å². The summed E-state index contributed by atoms with van der Waals surface area (Å²) in [4.78, 5) is 0. The summed E-state index contributed by atoms with van der Waals surface area (Å²) >= 11 is 0. The largest absolute Gasteiger partial charge is 0.540 e. The van der Waals surface area contributed by atoms with E-state index in [-0.39, 0.29) is 11.2 Å². The van der Waals surface area contributed by atoms with E-state index in [0.717, 1.165) is 5.46 Å². The average molecular weight is 281 g/mol. The van der Waals surface area contributed by atoms with Crippen molar-refractivity contribution in [1.29, 1.82) is 0 Å². The van der Waals surface area contributed by atoms with Crippen molar-refractivity contribution in [3.63, 3.8) is 0 Å². The number of benzene rings is 1. The summed E-state index contributed by atoms with van der Waals surface area (Å²) in [5, 5.41) is 0. The van der Waals surface area contributed by atoms with Crippen LogP contribution in [0.4, 0.5) is 4.39 Å². The van der Waals surface area contributed by atoms with Crippen LogP contribution in [0.2, 0.25) is 0 Å². The zero-order valence-electron chi connectivity index (χ0n) is 12.9. The van der Waals surface area contributed by atoms with Crippen molar-refractivity contribution in [3.8, 4) is 0 Å². The molecule has 2 rings (SSSR count). The minimum atomic E-state index is -2.03. The van der Waals surface area contributed by atoms with Crippen LogP contribution in [-0.4, -0.2) is 25.6 Å². The Bertz CT molecular complexity index is 455. The van der Waals surface area contributed by atoms with E-state index in [4.69, 9.17) is 14.0 Å². The summed E-state index contributed by atoms with van der Waals surface area (Å²) in [6.07, 6.45) is 0. The van der Waals surface area contributed by atoms with E-state index in [1.807, 2.05) is 20.8 Å². The Hall–Kier alpha value is -0.905. The molecule has 0 radical (unpaired) electrons.